The van der Waals surface area contributed by atoms with Crippen LogP contribution in [-0.4, -0.2) is 5.16 Å². The minimum Gasteiger partial charge on any atom is -0.204 e. The van der Waals surface area contributed by atoms with Crippen LogP contribution in [0.3, 0.4) is 0 Å². The van der Waals surface area contributed by atoms with E-state index in [0.717, 1.165) is 23.5 Å². The highest BCUT2D eigenvalue weighted by atomic mass is 32.1. The van der Waals surface area contributed by atoms with Gasteiger partial charge in [0.2, 0.25) is 0 Å². The summed E-state index contributed by atoms with van der Waals surface area (Å²) in [5.74, 6) is 5.61. The average molecular weight is 401 g/mol. The van der Waals surface area contributed by atoms with Crippen molar-refractivity contribution in [2.75, 3.05) is 0 Å². The van der Waals surface area contributed by atoms with Gasteiger partial charge in [-0.15, -0.1) is 0 Å². The number of hydrogen-bond donors (Lipinski definition) is 0. The Bertz CT molecular complexity index is 1120. The summed E-state index contributed by atoms with van der Waals surface area (Å²) in [6.45, 7) is 0. The first kappa shape index (κ1) is 19.2. The Kier molecular flexibility index (Phi) is 5.62. The third-order valence-corrected chi connectivity index (χ3v) is 5.01. The molecule has 0 unspecified atom stereocenters. The van der Waals surface area contributed by atoms with Gasteiger partial charge in [-0.3, -0.25) is 0 Å². The van der Waals surface area contributed by atoms with Crippen molar-refractivity contribution < 1.29 is 8.78 Å². The quantitative estimate of drug-likeness (QED) is 0.269. The van der Waals surface area contributed by atoms with Gasteiger partial charge in [-0.25, -0.2) is 8.78 Å². The minimum atomic E-state index is -0.772. The highest BCUT2D eigenvalue weighted by molar-refractivity contribution is 7.78. The van der Waals surface area contributed by atoms with Gasteiger partial charge >= 0.3 is 0 Å². The number of isothiocyanates is 1. The Morgan fingerprint density at radius 1 is 0.828 bits per heavy atom. The van der Waals surface area contributed by atoms with Crippen LogP contribution in [0.15, 0.2) is 65.7 Å². The Labute approximate surface area is 174 Å². The predicted octanol–water partition coefficient (Wildman–Crippen LogP) is 6.72. The van der Waals surface area contributed by atoms with E-state index in [1.54, 1.807) is 12.1 Å². The van der Waals surface area contributed by atoms with E-state index in [-0.39, 0.29) is 0 Å². The summed E-state index contributed by atoms with van der Waals surface area (Å²) in [5, 5.41) is 1.99. The number of halogens is 2. The van der Waals surface area contributed by atoms with Gasteiger partial charge in [-0.05, 0) is 90.5 Å². The summed E-state index contributed by atoms with van der Waals surface area (Å²) >= 11 is 4.42. The van der Waals surface area contributed by atoms with Crippen molar-refractivity contribution in [3.05, 3.63) is 89.0 Å². The summed E-state index contributed by atoms with van der Waals surface area (Å²) in [6.07, 6.45) is 3.86. The zero-order chi connectivity index (χ0) is 20.2. The number of thiocarbonyl (C=S) groups is 1. The molecule has 0 amide bonds. The minimum absolute atomic E-state index is 0.422. The number of rotatable bonds is 4. The Morgan fingerprint density at radius 3 is 1.90 bits per heavy atom. The lowest BCUT2D eigenvalue weighted by Gasteiger charge is -2.05. The molecule has 4 heteroatoms. The molecule has 0 aliphatic heterocycles. The first-order valence-electron chi connectivity index (χ1n) is 9.41. The monoisotopic (exact) mass is 401 g/mol. The van der Waals surface area contributed by atoms with Crippen molar-refractivity contribution in [3.8, 4) is 23.0 Å². The molecule has 3 aromatic carbocycles. The smallest absolute Gasteiger partial charge is 0.153 e. The van der Waals surface area contributed by atoms with Crippen molar-refractivity contribution in [1.82, 2.24) is 0 Å². The maximum Gasteiger partial charge on any atom is 0.153 e. The highest BCUT2D eigenvalue weighted by Gasteiger charge is 2.21. The van der Waals surface area contributed by atoms with Crippen LogP contribution in [0, 0.1) is 29.4 Å². The molecular formula is C25H17F2NS. The summed E-state index contributed by atoms with van der Waals surface area (Å²) in [5.41, 5.74) is 3.86. The van der Waals surface area contributed by atoms with Crippen LogP contribution >= 0.6 is 12.2 Å². The zero-order valence-corrected chi connectivity index (χ0v) is 16.4. The number of hydrogen-bond acceptors (Lipinski definition) is 2. The van der Waals surface area contributed by atoms with Gasteiger partial charge in [0.15, 0.2) is 11.6 Å². The molecule has 1 nitrogen and oxygen atoms in total. The zero-order valence-electron chi connectivity index (χ0n) is 15.6. The second-order valence-electron chi connectivity index (χ2n) is 7.16. The lowest BCUT2D eigenvalue weighted by Crippen LogP contribution is -1.87. The molecule has 0 aromatic heterocycles. The second-order valence-corrected chi connectivity index (χ2v) is 7.35. The van der Waals surface area contributed by atoms with E-state index in [9.17, 15) is 8.78 Å². The third-order valence-electron chi connectivity index (χ3n) is 4.92. The molecule has 0 spiro atoms. The van der Waals surface area contributed by atoms with E-state index < -0.39 is 17.3 Å². The molecule has 0 heterocycles. The molecule has 142 valence electrons. The van der Waals surface area contributed by atoms with Crippen molar-refractivity contribution in [2.45, 2.75) is 19.3 Å². The molecule has 0 atom stereocenters. The summed E-state index contributed by atoms with van der Waals surface area (Å²) in [4.78, 5) is 3.43. The van der Waals surface area contributed by atoms with Crippen LogP contribution in [0.1, 0.15) is 29.5 Å². The van der Waals surface area contributed by atoms with E-state index in [4.69, 9.17) is 0 Å². The average Bonchev–Trinajstić information content (AvgIpc) is 3.54. The lowest BCUT2D eigenvalue weighted by molar-refractivity contribution is 0.588. The Morgan fingerprint density at radius 2 is 1.38 bits per heavy atom. The van der Waals surface area contributed by atoms with E-state index in [1.807, 2.05) is 17.3 Å². The predicted molar refractivity (Wildman–Crippen MR) is 115 cm³/mol. The van der Waals surface area contributed by atoms with E-state index in [1.165, 1.54) is 30.5 Å². The van der Waals surface area contributed by atoms with E-state index >= 15 is 0 Å². The molecule has 4 rings (SSSR count). The van der Waals surface area contributed by atoms with Crippen LogP contribution < -0.4 is 0 Å². The second kappa shape index (κ2) is 8.49. The molecule has 29 heavy (non-hydrogen) atoms. The first-order valence-corrected chi connectivity index (χ1v) is 9.81. The van der Waals surface area contributed by atoms with Crippen molar-refractivity contribution >= 4 is 23.1 Å². The van der Waals surface area contributed by atoms with Gasteiger partial charge in [-0.2, -0.15) is 4.99 Å². The van der Waals surface area contributed by atoms with Gasteiger partial charge in [0.25, 0.3) is 0 Å². The maximum atomic E-state index is 14.0. The summed E-state index contributed by atoms with van der Waals surface area (Å²) < 4.78 is 28.1. The molecule has 1 fully saturated rings. The van der Waals surface area contributed by atoms with Gasteiger partial charge in [0.05, 0.1) is 5.16 Å². The first-order chi connectivity index (χ1) is 14.1. The fourth-order valence-corrected chi connectivity index (χ4v) is 3.25. The fourth-order valence-electron chi connectivity index (χ4n) is 3.15. The largest absolute Gasteiger partial charge is 0.204 e. The van der Waals surface area contributed by atoms with E-state index in [2.05, 4.69) is 53.3 Å². The van der Waals surface area contributed by atoms with Crippen molar-refractivity contribution in [1.29, 1.82) is 0 Å². The molecule has 1 aliphatic rings. The standard InChI is InChI=1S/C25H17F2NS/c26-23-14-22(15-24(27)25(23)28-16-29)21-11-9-18(10-12-21)2-1-17-3-5-19(6-4-17)13-20-7-8-20/h3-6,9-12,14-15,20H,7-8,13H2. The fraction of sp³-hybridized carbons (Fsp3) is 0.160. The maximum absolute atomic E-state index is 14.0. The molecular weight excluding hydrogens is 384 g/mol. The van der Waals surface area contributed by atoms with Gasteiger partial charge in [-0.1, -0.05) is 36.1 Å². The van der Waals surface area contributed by atoms with Gasteiger partial charge < -0.3 is 0 Å². The SMILES string of the molecule is Fc1cc(-c2ccc(C#Cc3ccc(CC4CC4)cc3)cc2)cc(F)c1N=C=S. The van der Waals surface area contributed by atoms with Gasteiger partial charge in [0.1, 0.15) is 5.69 Å². The third kappa shape index (κ3) is 4.84. The molecule has 0 saturated heterocycles. The highest BCUT2D eigenvalue weighted by Crippen LogP contribution is 2.32. The lowest BCUT2D eigenvalue weighted by atomic mass is 10.0. The summed E-state index contributed by atoms with van der Waals surface area (Å²) in [6, 6.07) is 18.1. The normalized spacial score (nSPS) is 12.6. The molecule has 0 bridgehead atoms. The van der Waals surface area contributed by atoms with Crippen molar-refractivity contribution in [3.63, 3.8) is 0 Å². The summed E-state index contributed by atoms with van der Waals surface area (Å²) in [7, 11) is 0. The van der Waals surface area contributed by atoms with Crippen LogP contribution in [0.2, 0.25) is 0 Å². The van der Waals surface area contributed by atoms with Gasteiger partial charge in [0, 0.05) is 11.1 Å². The Hall–Kier alpha value is -3.12. The van der Waals surface area contributed by atoms with Crippen LogP contribution in [-0.2, 0) is 6.42 Å². The van der Waals surface area contributed by atoms with Crippen LogP contribution in [0.4, 0.5) is 14.5 Å². The van der Waals surface area contributed by atoms with Crippen LogP contribution in [0.5, 0.6) is 0 Å². The van der Waals surface area contributed by atoms with Crippen molar-refractivity contribution in [2.24, 2.45) is 10.9 Å². The topological polar surface area (TPSA) is 12.4 Å². The van der Waals surface area contributed by atoms with E-state index in [0.29, 0.717) is 11.1 Å². The van der Waals surface area contributed by atoms with Crippen LogP contribution in [0.25, 0.3) is 11.1 Å². The Balaban J connectivity index is 1.50. The number of benzene rings is 3. The molecule has 0 radical (unpaired) electrons. The number of aliphatic imine (C=N–C) groups is 1. The number of nitrogens with zero attached hydrogens (tertiary/aromatic N) is 1. The molecule has 1 saturated carbocycles. The molecule has 3 aromatic rings. The molecule has 0 N–H and O–H groups in total. The molecule has 1 aliphatic carbocycles.